The highest BCUT2D eigenvalue weighted by atomic mass is 32.2. The minimum atomic E-state index is -3.69. The van der Waals surface area contributed by atoms with Crippen molar-refractivity contribution in [2.45, 2.75) is 18.7 Å². The standard InChI is InChI=1S/C14H19N3O4S/c1-9-3-13(17(18)19)4-14(10(9)2)22(20,21)16-7-11-5-15-6-12(11)8-16/h3-4,11-12,15H,5-8H2,1-2H3/t11-,12+. The highest BCUT2D eigenvalue weighted by molar-refractivity contribution is 7.89. The summed E-state index contributed by atoms with van der Waals surface area (Å²) in [5.74, 6) is 0.685. The largest absolute Gasteiger partial charge is 0.316 e. The third-order valence-electron chi connectivity index (χ3n) is 4.79. The second-order valence-electron chi connectivity index (χ2n) is 6.14. The smallest absolute Gasteiger partial charge is 0.271 e. The summed E-state index contributed by atoms with van der Waals surface area (Å²) in [5.41, 5.74) is 1.03. The van der Waals surface area contributed by atoms with Gasteiger partial charge < -0.3 is 5.32 Å². The molecule has 2 aliphatic rings. The number of hydrogen-bond acceptors (Lipinski definition) is 5. The maximum absolute atomic E-state index is 12.9. The lowest BCUT2D eigenvalue weighted by Crippen LogP contribution is -2.32. The van der Waals surface area contributed by atoms with Gasteiger partial charge in [0.05, 0.1) is 9.82 Å². The Labute approximate surface area is 129 Å². The van der Waals surface area contributed by atoms with Gasteiger partial charge in [0.25, 0.3) is 5.69 Å². The molecule has 1 aromatic carbocycles. The Balaban J connectivity index is 2.00. The van der Waals surface area contributed by atoms with E-state index >= 15 is 0 Å². The third kappa shape index (κ3) is 2.41. The summed E-state index contributed by atoms with van der Waals surface area (Å²) in [5, 5.41) is 14.3. The maximum Gasteiger partial charge on any atom is 0.271 e. The molecule has 3 rings (SSSR count). The number of benzene rings is 1. The molecule has 2 atom stereocenters. The van der Waals surface area contributed by atoms with Gasteiger partial charge in [0.15, 0.2) is 0 Å². The van der Waals surface area contributed by atoms with E-state index in [1.54, 1.807) is 13.8 Å². The third-order valence-corrected chi connectivity index (χ3v) is 6.75. The molecule has 22 heavy (non-hydrogen) atoms. The predicted molar refractivity (Wildman–Crippen MR) is 81.2 cm³/mol. The zero-order valence-electron chi connectivity index (χ0n) is 12.6. The Hall–Kier alpha value is -1.51. The number of rotatable bonds is 3. The monoisotopic (exact) mass is 325 g/mol. The Morgan fingerprint density at radius 3 is 2.36 bits per heavy atom. The topological polar surface area (TPSA) is 92.5 Å². The van der Waals surface area contributed by atoms with Crippen LogP contribution in [-0.2, 0) is 10.0 Å². The number of hydrogen-bond donors (Lipinski definition) is 1. The van der Waals surface area contributed by atoms with E-state index in [1.807, 2.05) is 0 Å². The van der Waals surface area contributed by atoms with Crippen molar-refractivity contribution in [2.24, 2.45) is 11.8 Å². The van der Waals surface area contributed by atoms with Gasteiger partial charge in [-0.25, -0.2) is 8.42 Å². The lowest BCUT2D eigenvalue weighted by molar-refractivity contribution is -0.385. The van der Waals surface area contributed by atoms with Gasteiger partial charge in [-0.2, -0.15) is 4.31 Å². The number of nitro groups is 1. The van der Waals surface area contributed by atoms with Crippen LogP contribution in [0.5, 0.6) is 0 Å². The zero-order valence-corrected chi connectivity index (χ0v) is 13.4. The number of fused-ring (bicyclic) bond motifs is 1. The molecule has 0 aromatic heterocycles. The Morgan fingerprint density at radius 2 is 1.82 bits per heavy atom. The van der Waals surface area contributed by atoms with Crippen LogP contribution in [0.4, 0.5) is 5.69 Å². The number of sulfonamides is 1. The van der Waals surface area contributed by atoms with Crippen molar-refractivity contribution < 1.29 is 13.3 Å². The molecule has 1 aromatic rings. The molecule has 7 nitrogen and oxygen atoms in total. The predicted octanol–water partition coefficient (Wildman–Crippen LogP) is 1.05. The van der Waals surface area contributed by atoms with Crippen LogP contribution in [0, 0.1) is 35.8 Å². The summed E-state index contributed by atoms with van der Waals surface area (Å²) in [6.07, 6.45) is 0. The second-order valence-corrected chi connectivity index (χ2v) is 8.05. The Morgan fingerprint density at radius 1 is 1.23 bits per heavy atom. The van der Waals surface area contributed by atoms with E-state index in [2.05, 4.69) is 5.32 Å². The SMILES string of the molecule is Cc1cc([N+](=O)[O-])cc(S(=O)(=O)N2C[C@H]3CNC[C@H]3C2)c1C. The number of nitro benzene ring substituents is 1. The van der Waals surface area contributed by atoms with E-state index in [0.717, 1.165) is 13.1 Å². The van der Waals surface area contributed by atoms with Crippen LogP contribution < -0.4 is 5.32 Å². The Kier molecular flexibility index (Phi) is 3.70. The highest BCUT2D eigenvalue weighted by Gasteiger charge is 2.42. The summed E-state index contributed by atoms with van der Waals surface area (Å²) in [4.78, 5) is 10.5. The van der Waals surface area contributed by atoms with Crippen molar-refractivity contribution >= 4 is 15.7 Å². The van der Waals surface area contributed by atoms with Gasteiger partial charge in [-0.1, -0.05) is 0 Å². The van der Waals surface area contributed by atoms with Gasteiger partial charge in [0.2, 0.25) is 10.0 Å². The average Bonchev–Trinajstić information content (AvgIpc) is 3.02. The molecule has 120 valence electrons. The van der Waals surface area contributed by atoms with E-state index in [-0.39, 0.29) is 10.6 Å². The van der Waals surface area contributed by atoms with Gasteiger partial charge in [-0.3, -0.25) is 10.1 Å². The van der Waals surface area contributed by atoms with Crippen molar-refractivity contribution in [2.75, 3.05) is 26.2 Å². The summed E-state index contributed by atoms with van der Waals surface area (Å²) >= 11 is 0. The van der Waals surface area contributed by atoms with Crippen molar-refractivity contribution in [3.05, 3.63) is 33.4 Å². The zero-order chi connectivity index (χ0) is 16.1. The average molecular weight is 325 g/mol. The number of nitrogens with zero attached hydrogens (tertiary/aromatic N) is 2. The molecule has 8 heteroatoms. The van der Waals surface area contributed by atoms with E-state index < -0.39 is 14.9 Å². The number of aryl methyl sites for hydroxylation is 1. The molecule has 0 aliphatic carbocycles. The fraction of sp³-hybridized carbons (Fsp3) is 0.571. The van der Waals surface area contributed by atoms with E-state index in [1.165, 1.54) is 16.4 Å². The molecular formula is C14H19N3O4S. The first kappa shape index (κ1) is 15.4. The minimum Gasteiger partial charge on any atom is -0.316 e. The lowest BCUT2D eigenvalue weighted by atomic mass is 10.0. The molecule has 0 radical (unpaired) electrons. The molecule has 0 bridgehead atoms. The van der Waals surface area contributed by atoms with Crippen LogP contribution in [0.2, 0.25) is 0 Å². The van der Waals surface area contributed by atoms with Crippen LogP contribution in [0.25, 0.3) is 0 Å². The van der Waals surface area contributed by atoms with Crippen molar-refractivity contribution in [3.63, 3.8) is 0 Å². The molecule has 2 heterocycles. The molecule has 0 unspecified atom stereocenters. The van der Waals surface area contributed by atoms with Crippen molar-refractivity contribution in [3.8, 4) is 0 Å². The maximum atomic E-state index is 12.9. The van der Waals surface area contributed by atoms with Crippen LogP contribution in [0.3, 0.4) is 0 Å². The fourth-order valence-corrected chi connectivity index (χ4v) is 5.20. The summed E-state index contributed by atoms with van der Waals surface area (Å²) in [6, 6.07) is 2.60. The minimum absolute atomic E-state index is 0.0622. The number of nitrogens with one attached hydrogen (secondary N) is 1. The Bertz CT molecular complexity index is 720. The fourth-order valence-electron chi connectivity index (χ4n) is 3.33. The molecule has 2 fully saturated rings. The first-order chi connectivity index (χ1) is 10.3. The summed E-state index contributed by atoms with van der Waals surface area (Å²) < 4.78 is 27.3. The molecular weight excluding hydrogens is 306 g/mol. The first-order valence-corrected chi connectivity index (χ1v) is 8.71. The quantitative estimate of drug-likeness (QED) is 0.662. The summed E-state index contributed by atoms with van der Waals surface area (Å²) in [7, 11) is -3.69. The molecule has 1 N–H and O–H groups in total. The molecule has 0 amide bonds. The van der Waals surface area contributed by atoms with Crippen molar-refractivity contribution in [1.29, 1.82) is 0 Å². The number of non-ortho nitro benzene ring substituents is 1. The molecule has 0 spiro atoms. The van der Waals surface area contributed by atoms with Crippen LogP contribution in [-0.4, -0.2) is 43.8 Å². The van der Waals surface area contributed by atoms with Crippen molar-refractivity contribution in [1.82, 2.24) is 9.62 Å². The normalized spacial score (nSPS) is 25.4. The van der Waals surface area contributed by atoms with Gasteiger partial charge in [0.1, 0.15) is 0 Å². The van der Waals surface area contributed by atoms with E-state index in [0.29, 0.717) is 36.1 Å². The lowest BCUT2D eigenvalue weighted by Gasteiger charge is -2.19. The molecule has 0 saturated carbocycles. The van der Waals surface area contributed by atoms with Gasteiger partial charge in [-0.15, -0.1) is 0 Å². The van der Waals surface area contributed by atoms with E-state index in [9.17, 15) is 18.5 Å². The first-order valence-electron chi connectivity index (χ1n) is 7.27. The van der Waals surface area contributed by atoms with Gasteiger partial charge in [0, 0.05) is 25.2 Å². The molecule has 2 aliphatic heterocycles. The van der Waals surface area contributed by atoms with Gasteiger partial charge in [-0.05, 0) is 49.9 Å². The van der Waals surface area contributed by atoms with Crippen LogP contribution >= 0.6 is 0 Å². The second kappa shape index (κ2) is 5.29. The van der Waals surface area contributed by atoms with Crippen LogP contribution in [0.15, 0.2) is 17.0 Å². The van der Waals surface area contributed by atoms with Crippen LogP contribution in [0.1, 0.15) is 11.1 Å². The highest BCUT2D eigenvalue weighted by Crippen LogP contribution is 2.33. The molecule has 2 saturated heterocycles. The summed E-state index contributed by atoms with van der Waals surface area (Å²) in [6.45, 7) is 6.05. The van der Waals surface area contributed by atoms with Gasteiger partial charge >= 0.3 is 0 Å². The van der Waals surface area contributed by atoms with E-state index in [4.69, 9.17) is 0 Å².